The smallest absolute Gasteiger partial charge is 0.187 e. The number of ether oxygens (including phenoxy) is 4. The summed E-state index contributed by atoms with van der Waals surface area (Å²) in [6.07, 6.45) is -29.0. The van der Waals surface area contributed by atoms with Gasteiger partial charge in [0.15, 0.2) is 18.9 Å². The molecular formula is C25H42N2O19. The van der Waals surface area contributed by atoms with Gasteiger partial charge in [0.1, 0.15) is 85.4 Å². The minimum atomic E-state index is -2.13. The molecule has 0 unspecified atom stereocenters. The zero-order chi connectivity index (χ0) is 34.6. The fraction of sp³-hybridized carbons (Fsp3) is 0.880. The Kier molecular flexibility index (Phi) is 13.8. The predicted molar refractivity (Wildman–Crippen MR) is 143 cm³/mol. The number of nitroso groups, excluding NO2 is 1. The average Bonchev–Trinajstić information content (AvgIpc) is 3.05. The Balaban J connectivity index is 1.78. The molecule has 1 aliphatic carbocycles. The first-order chi connectivity index (χ1) is 21.7. The molecule has 0 radical (unpaired) electrons. The molecular weight excluding hydrogens is 632 g/mol. The standard InChI is InChI=1S/C25H42N2O19/c1-7-13(27(26-42)9-2-8(3-28)14(34)18(38)15(9)35)17(37)20(40)24(43-7)46-23-12(6-31)44-25(21(41)19(23)39)45-22(11(33)5-30)16(36)10(32)4-29/h2,4,7,9-25,28,30-41H,3,5-6H2,1H3/t7-,9+,10+,11-,12-,13-,14-,15+,16-,17+,18+,19-,20-,21-,22-,23-,24-,25+/m1/s1. The number of carbonyl (C=O) groups excluding carboxylic acids is 1. The second-order valence-corrected chi connectivity index (χ2v) is 11.2. The van der Waals surface area contributed by atoms with Crippen LogP contribution in [0, 0.1) is 4.91 Å². The van der Waals surface area contributed by atoms with E-state index >= 15 is 0 Å². The molecule has 2 fully saturated rings. The number of aldehydes is 1. The normalized spacial score (nSPS) is 42.8. The van der Waals surface area contributed by atoms with Crippen LogP contribution in [0.3, 0.4) is 0 Å². The average molecular weight is 675 g/mol. The topological polar surface area (TPSA) is 350 Å². The number of aliphatic hydroxyl groups is 13. The molecule has 13 N–H and O–H groups in total. The molecule has 0 saturated carbocycles. The van der Waals surface area contributed by atoms with E-state index in [0.29, 0.717) is 5.01 Å². The van der Waals surface area contributed by atoms with E-state index in [1.807, 2.05) is 0 Å². The van der Waals surface area contributed by atoms with Crippen molar-refractivity contribution in [2.45, 2.75) is 117 Å². The maximum Gasteiger partial charge on any atom is 0.187 e. The lowest BCUT2D eigenvalue weighted by Crippen LogP contribution is -2.68. The molecule has 0 spiro atoms. The predicted octanol–water partition coefficient (Wildman–Crippen LogP) is -8.33. The minimum Gasteiger partial charge on any atom is -0.394 e. The Morgan fingerprint density at radius 2 is 1.54 bits per heavy atom. The summed E-state index contributed by atoms with van der Waals surface area (Å²) in [4.78, 5) is 22.8. The highest BCUT2D eigenvalue weighted by molar-refractivity contribution is 5.56. The van der Waals surface area contributed by atoms with E-state index in [9.17, 15) is 76.1 Å². The van der Waals surface area contributed by atoms with Crippen LogP contribution in [0.1, 0.15) is 6.92 Å². The van der Waals surface area contributed by atoms with Crippen molar-refractivity contribution in [1.82, 2.24) is 5.01 Å². The van der Waals surface area contributed by atoms with E-state index in [4.69, 9.17) is 18.9 Å². The van der Waals surface area contributed by atoms with Gasteiger partial charge in [0.25, 0.3) is 0 Å². The third kappa shape index (κ3) is 7.71. The summed E-state index contributed by atoms with van der Waals surface area (Å²) in [6, 6.07) is -3.04. The summed E-state index contributed by atoms with van der Waals surface area (Å²) in [7, 11) is 0. The summed E-state index contributed by atoms with van der Waals surface area (Å²) >= 11 is 0. The van der Waals surface area contributed by atoms with Gasteiger partial charge in [-0.2, -0.15) is 0 Å². The molecule has 0 aromatic heterocycles. The lowest BCUT2D eigenvalue weighted by Gasteiger charge is -2.49. The van der Waals surface area contributed by atoms with E-state index in [2.05, 4.69) is 5.29 Å². The van der Waals surface area contributed by atoms with Gasteiger partial charge >= 0.3 is 0 Å². The maximum atomic E-state index is 11.9. The van der Waals surface area contributed by atoms with Crippen LogP contribution in [0.15, 0.2) is 16.9 Å². The number of rotatable bonds is 14. The Labute approximate surface area is 260 Å². The lowest BCUT2D eigenvalue weighted by molar-refractivity contribution is -0.363. The van der Waals surface area contributed by atoms with Crippen LogP contribution in [0.25, 0.3) is 0 Å². The van der Waals surface area contributed by atoms with E-state index < -0.39 is 130 Å². The molecule has 0 bridgehead atoms. The highest BCUT2D eigenvalue weighted by Gasteiger charge is 2.54. The van der Waals surface area contributed by atoms with Gasteiger partial charge in [-0.25, -0.2) is 5.01 Å². The quantitative estimate of drug-likeness (QED) is 0.0352. The maximum absolute atomic E-state index is 11.9. The molecule has 2 saturated heterocycles. The highest BCUT2D eigenvalue weighted by Crippen LogP contribution is 2.34. The molecule has 21 nitrogen and oxygen atoms in total. The van der Waals surface area contributed by atoms with Gasteiger partial charge < -0.3 is 90.1 Å². The van der Waals surface area contributed by atoms with Crippen LogP contribution in [-0.4, -0.2) is 208 Å². The number of hydrogen-bond acceptors (Lipinski definition) is 20. The van der Waals surface area contributed by atoms with Gasteiger partial charge in [-0.3, -0.25) is 0 Å². The number of hydrogen-bond donors (Lipinski definition) is 13. The molecule has 0 aromatic rings. The highest BCUT2D eigenvalue weighted by atomic mass is 16.7. The number of aliphatic hydroxyl groups excluding tert-OH is 13. The summed E-state index contributed by atoms with van der Waals surface area (Å²) in [5, 5.41) is 136. The Bertz CT molecular complexity index is 1020. The van der Waals surface area contributed by atoms with Crippen LogP contribution in [0.4, 0.5) is 0 Å². The van der Waals surface area contributed by atoms with Crippen molar-refractivity contribution >= 4 is 6.29 Å². The molecule has 2 aliphatic heterocycles. The molecule has 0 aromatic carbocycles. The SMILES string of the molecule is C[C@H]1O[C@H](O[C@H]2[C@H](O)[C@@H](O)[C@H](O[C@@H]([C@H](O)[C@@H](O)C=O)[C@H](O)CO)O[C@@H]2CO)[C@H](O)[C@@H](O)[C@@H]1N(N=O)[C@H]1C=C(CO)[C@@H](O)[C@H](O)[C@H]1O. The van der Waals surface area contributed by atoms with Gasteiger partial charge in [-0.15, -0.1) is 4.91 Å². The van der Waals surface area contributed by atoms with Gasteiger partial charge in [0.2, 0.25) is 0 Å². The van der Waals surface area contributed by atoms with E-state index in [1.165, 1.54) is 6.92 Å². The first kappa shape index (κ1) is 38.6. The van der Waals surface area contributed by atoms with E-state index in [1.54, 1.807) is 0 Å². The van der Waals surface area contributed by atoms with E-state index in [-0.39, 0.29) is 11.9 Å². The largest absolute Gasteiger partial charge is 0.394 e. The second-order valence-electron chi connectivity index (χ2n) is 11.2. The molecule has 21 heteroatoms. The van der Waals surface area contributed by atoms with Crippen LogP contribution in [0.5, 0.6) is 0 Å². The zero-order valence-corrected chi connectivity index (χ0v) is 24.3. The van der Waals surface area contributed by atoms with Gasteiger partial charge in [0, 0.05) is 0 Å². The third-order valence-corrected chi connectivity index (χ3v) is 8.28. The van der Waals surface area contributed by atoms with Crippen molar-refractivity contribution in [3.63, 3.8) is 0 Å². The first-order valence-electron chi connectivity index (χ1n) is 14.2. The van der Waals surface area contributed by atoms with Gasteiger partial charge in [0.05, 0.1) is 37.3 Å². The summed E-state index contributed by atoms with van der Waals surface area (Å²) in [5.74, 6) is 0. The summed E-state index contributed by atoms with van der Waals surface area (Å²) in [6.45, 7) is -1.44. The van der Waals surface area contributed by atoms with Crippen molar-refractivity contribution in [1.29, 1.82) is 0 Å². The molecule has 46 heavy (non-hydrogen) atoms. The molecule has 18 atom stereocenters. The summed E-state index contributed by atoms with van der Waals surface area (Å²) in [5.41, 5.74) is -0.161. The fourth-order valence-corrected chi connectivity index (χ4v) is 5.63. The lowest BCUT2D eigenvalue weighted by atomic mass is 9.86. The van der Waals surface area contributed by atoms with Gasteiger partial charge in [-0.1, -0.05) is 6.08 Å². The van der Waals surface area contributed by atoms with Crippen molar-refractivity contribution in [3.8, 4) is 0 Å². The fourth-order valence-electron chi connectivity index (χ4n) is 5.63. The minimum absolute atomic E-state index is 0.0908. The van der Waals surface area contributed by atoms with Crippen LogP contribution in [-0.2, 0) is 23.7 Å². The zero-order valence-electron chi connectivity index (χ0n) is 24.3. The molecule has 266 valence electrons. The van der Waals surface area contributed by atoms with Crippen LogP contribution in [0.2, 0.25) is 0 Å². The molecule has 3 aliphatic rings. The van der Waals surface area contributed by atoms with Crippen molar-refractivity contribution in [3.05, 3.63) is 16.6 Å². The Hall–Kier alpha value is -1.87. The third-order valence-electron chi connectivity index (χ3n) is 8.28. The Morgan fingerprint density at radius 1 is 0.913 bits per heavy atom. The second kappa shape index (κ2) is 16.5. The van der Waals surface area contributed by atoms with E-state index in [0.717, 1.165) is 6.08 Å². The number of carbonyl (C=O) groups is 1. The molecule has 2 heterocycles. The van der Waals surface area contributed by atoms with Crippen molar-refractivity contribution in [2.75, 3.05) is 19.8 Å². The molecule has 3 rings (SSSR count). The van der Waals surface area contributed by atoms with Gasteiger partial charge in [-0.05, 0) is 12.5 Å². The van der Waals surface area contributed by atoms with Crippen LogP contribution < -0.4 is 0 Å². The number of nitrogens with zero attached hydrogens (tertiary/aromatic N) is 2. The summed E-state index contributed by atoms with van der Waals surface area (Å²) < 4.78 is 21.9. The molecule has 0 amide bonds. The van der Waals surface area contributed by atoms with Crippen molar-refractivity contribution in [2.24, 2.45) is 5.29 Å². The first-order valence-corrected chi connectivity index (χ1v) is 14.2. The van der Waals surface area contributed by atoms with Crippen LogP contribution >= 0.6 is 0 Å². The van der Waals surface area contributed by atoms with Crippen molar-refractivity contribution < 1.29 is 90.1 Å². The monoisotopic (exact) mass is 674 g/mol. The Morgan fingerprint density at radius 3 is 2.09 bits per heavy atom.